The Hall–Kier alpha value is -1.66. The predicted molar refractivity (Wildman–Crippen MR) is 86.1 cm³/mol. The van der Waals surface area contributed by atoms with Crippen molar-refractivity contribution in [3.63, 3.8) is 0 Å². The summed E-state index contributed by atoms with van der Waals surface area (Å²) < 4.78 is 1.98. The van der Waals surface area contributed by atoms with Crippen molar-refractivity contribution in [1.82, 2.24) is 15.1 Å². The zero-order valence-electron chi connectivity index (χ0n) is 12.7. The van der Waals surface area contributed by atoms with Crippen LogP contribution in [0.4, 0.5) is 0 Å². The molecule has 0 aliphatic heterocycles. The highest BCUT2D eigenvalue weighted by atomic mass is 32.1. The first-order valence-corrected chi connectivity index (χ1v) is 8.63. The van der Waals surface area contributed by atoms with Crippen molar-refractivity contribution in [1.29, 1.82) is 0 Å². The van der Waals surface area contributed by atoms with Gasteiger partial charge < -0.3 is 10.4 Å². The van der Waals surface area contributed by atoms with Gasteiger partial charge in [-0.3, -0.25) is 9.48 Å². The van der Waals surface area contributed by atoms with Crippen molar-refractivity contribution >= 4 is 17.2 Å². The highest BCUT2D eigenvalue weighted by Crippen LogP contribution is 2.30. The lowest BCUT2D eigenvalue weighted by atomic mass is 10.2. The zero-order chi connectivity index (χ0) is 15.5. The third-order valence-electron chi connectivity index (χ3n) is 4.34. The number of carbonyl (C=O) groups excluding carboxylic acids is 1. The molecule has 2 N–H and O–H groups in total. The SMILES string of the molecule is Cc1c(C(=O)NCC(O)c2ccsc2)cnn1C1CCCC1. The van der Waals surface area contributed by atoms with Crippen LogP contribution < -0.4 is 5.32 Å². The fourth-order valence-electron chi connectivity index (χ4n) is 3.03. The average molecular weight is 319 g/mol. The molecule has 118 valence electrons. The van der Waals surface area contributed by atoms with Crippen molar-refractivity contribution < 1.29 is 9.90 Å². The molecule has 3 rings (SSSR count). The van der Waals surface area contributed by atoms with E-state index in [-0.39, 0.29) is 12.5 Å². The molecule has 2 aromatic heterocycles. The Kier molecular flexibility index (Phi) is 4.59. The van der Waals surface area contributed by atoms with Crippen LogP contribution >= 0.6 is 11.3 Å². The maximum atomic E-state index is 12.3. The van der Waals surface area contributed by atoms with Crippen LogP contribution in [0.5, 0.6) is 0 Å². The molecule has 1 aliphatic carbocycles. The van der Waals surface area contributed by atoms with Crippen molar-refractivity contribution in [2.75, 3.05) is 6.54 Å². The summed E-state index contributed by atoms with van der Waals surface area (Å²) in [6.45, 7) is 2.15. The van der Waals surface area contributed by atoms with E-state index in [0.717, 1.165) is 24.1 Å². The molecule has 1 aliphatic rings. The van der Waals surface area contributed by atoms with E-state index in [2.05, 4.69) is 10.4 Å². The van der Waals surface area contributed by atoms with Crippen molar-refractivity contribution in [3.05, 3.63) is 39.8 Å². The molecule has 0 aromatic carbocycles. The first kappa shape index (κ1) is 15.2. The number of thiophene rings is 1. The first-order valence-electron chi connectivity index (χ1n) is 7.69. The number of nitrogens with zero attached hydrogens (tertiary/aromatic N) is 2. The maximum Gasteiger partial charge on any atom is 0.254 e. The van der Waals surface area contributed by atoms with Crippen LogP contribution in [-0.4, -0.2) is 27.3 Å². The lowest BCUT2D eigenvalue weighted by Gasteiger charge is -2.13. The number of rotatable bonds is 5. The molecular weight excluding hydrogens is 298 g/mol. The second-order valence-electron chi connectivity index (χ2n) is 5.81. The molecule has 1 saturated carbocycles. The summed E-state index contributed by atoms with van der Waals surface area (Å²) in [7, 11) is 0. The van der Waals surface area contributed by atoms with Crippen LogP contribution in [0, 0.1) is 6.92 Å². The van der Waals surface area contributed by atoms with E-state index in [1.54, 1.807) is 6.20 Å². The summed E-state index contributed by atoms with van der Waals surface area (Å²) in [5, 5.41) is 21.0. The van der Waals surface area contributed by atoms with Gasteiger partial charge in [-0.15, -0.1) is 0 Å². The highest BCUT2D eigenvalue weighted by molar-refractivity contribution is 7.07. The smallest absolute Gasteiger partial charge is 0.254 e. The van der Waals surface area contributed by atoms with Gasteiger partial charge in [-0.1, -0.05) is 12.8 Å². The topological polar surface area (TPSA) is 67.2 Å². The fourth-order valence-corrected chi connectivity index (χ4v) is 3.74. The Labute approximate surface area is 134 Å². The minimum Gasteiger partial charge on any atom is -0.387 e. The molecule has 1 amide bonds. The van der Waals surface area contributed by atoms with Crippen molar-refractivity contribution in [2.45, 2.75) is 44.8 Å². The van der Waals surface area contributed by atoms with Gasteiger partial charge in [0, 0.05) is 12.2 Å². The quantitative estimate of drug-likeness (QED) is 0.890. The Morgan fingerprint density at radius 1 is 1.55 bits per heavy atom. The summed E-state index contributed by atoms with van der Waals surface area (Å²) in [5.41, 5.74) is 2.35. The number of hydrogen-bond acceptors (Lipinski definition) is 4. The van der Waals surface area contributed by atoms with Gasteiger partial charge in [0.2, 0.25) is 0 Å². The number of hydrogen-bond donors (Lipinski definition) is 2. The second kappa shape index (κ2) is 6.62. The average Bonchev–Trinajstić information content (AvgIpc) is 3.24. The minimum atomic E-state index is -0.666. The van der Waals surface area contributed by atoms with Crippen molar-refractivity contribution in [3.8, 4) is 0 Å². The van der Waals surface area contributed by atoms with Crippen LogP contribution in [0.3, 0.4) is 0 Å². The molecule has 22 heavy (non-hydrogen) atoms. The van der Waals surface area contributed by atoms with Gasteiger partial charge in [-0.25, -0.2) is 0 Å². The molecule has 0 spiro atoms. The lowest BCUT2D eigenvalue weighted by molar-refractivity contribution is 0.0915. The zero-order valence-corrected chi connectivity index (χ0v) is 13.5. The second-order valence-corrected chi connectivity index (χ2v) is 6.59. The van der Waals surface area contributed by atoms with E-state index in [1.165, 1.54) is 24.2 Å². The molecule has 6 heteroatoms. The van der Waals surface area contributed by atoms with Crippen LogP contribution in [-0.2, 0) is 0 Å². The van der Waals surface area contributed by atoms with Crippen LogP contribution in [0.2, 0.25) is 0 Å². The molecule has 5 nitrogen and oxygen atoms in total. The predicted octanol–water partition coefficient (Wildman–Crippen LogP) is 2.83. The number of aromatic nitrogens is 2. The first-order chi connectivity index (χ1) is 10.7. The number of aliphatic hydroxyl groups excluding tert-OH is 1. The van der Waals surface area contributed by atoms with Gasteiger partial charge in [-0.2, -0.15) is 16.4 Å². The maximum absolute atomic E-state index is 12.3. The summed E-state index contributed by atoms with van der Waals surface area (Å²) in [6, 6.07) is 2.29. The summed E-state index contributed by atoms with van der Waals surface area (Å²) in [5.74, 6) is -0.170. The van der Waals surface area contributed by atoms with Gasteiger partial charge in [0.05, 0.1) is 23.9 Å². The monoisotopic (exact) mass is 319 g/mol. The summed E-state index contributed by atoms with van der Waals surface area (Å²) in [4.78, 5) is 12.3. The number of nitrogens with one attached hydrogen (secondary N) is 1. The Balaban J connectivity index is 1.62. The molecule has 2 heterocycles. The molecular formula is C16H21N3O2S. The Morgan fingerprint density at radius 3 is 3.00 bits per heavy atom. The lowest BCUT2D eigenvalue weighted by Crippen LogP contribution is -2.28. The molecule has 1 unspecified atom stereocenters. The normalized spacial score (nSPS) is 16.8. The van der Waals surface area contributed by atoms with Gasteiger partial charge in [-0.05, 0) is 42.2 Å². The van der Waals surface area contributed by atoms with Crippen LogP contribution in [0.15, 0.2) is 23.0 Å². The van der Waals surface area contributed by atoms with E-state index >= 15 is 0 Å². The standard InChI is InChI=1S/C16H21N3O2S/c1-11-14(8-18-19(11)13-4-2-3-5-13)16(21)17-9-15(20)12-6-7-22-10-12/h6-8,10,13,15,20H,2-5,9H2,1H3,(H,17,21). The largest absolute Gasteiger partial charge is 0.387 e. The number of amides is 1. The molecule has 0 saturated heterocycles. The molecule has 2 aromatic rings. The van der Waals surface area contributed by atoms with Crippen LogP contribution in [0.1, 0.15) is 59.4 Å². The van der Waals surface area contributed by atoms with Gasteiger partial charge >= 0.3 is 0 Å². The Bertz CT molecular complexity index is 630. The molecule has 0 radical (unpaired) electrons. The molecule has 1 fully saturated rings. The third-order valence-corrected chi connectivity index (χ3v) is 5.05. The van der Waals surface area contributed by atoms with E-state index in [1.807, 2.05) is 28.4 Å². The summed E-state index contributed by atoms with van der Waals surface area (Å²) >= 11 is 1.53. The minimum absolute atomic E-state index is 0.170. The highest BCUT2D eigenvalue weighted by Gasteiger charge is 2.22. The van der Waals surface area contributed by atoms with Gasteiger partial charge in [0.15, 0.2) is 0 Å². The Morgan fingerprint density at radius 2 is 2.32 bits per heavy atom. The van der Waals surface area contributed by atoms with E-state index in [4.69, 9.17) is 0 Å². The van der Waals surface area contributed by atoms with Gasteiger partial charge in [0.1, 0.15) is 0 Å². The van der Waals surface area contributed by atoms with E-state index in [0.29, 0.717) is 11.6 Å². The fraction of sp³-hybridized carbons (Fsp3) is 0.500. The summed E-state index contributed by atoms with van der Waals surface area (Å²) in [6.07, 6.45) is 5.72. The number of aliphatic hydroxyl groups is 1. The molecule has 1 atom stereocenters. The number of carbonyl (C=O) groups is 1. The van der Waals surface area contributed by atoms with E-state index in [9.17, 15) is 9.90 Å². The van der Waals surface area contributed by atoms with E-state index < -0.39 is 6.10 Å². The third kappa shape index (κ3) is 3.08. The van der Waals surface area contributed by atoms with Crippen LogP contribution in [0.25, 0.3) is 0 Å². The molecule has 0 bridgehead atoms. The van der Waals surface area contributed by atoms with Crippen molar-refractivity contribution in [2.24, 2.45) is 0 Å². The van der Waals surface area contributed by atoms with Gasteiger partial charge in [0.25, 0.3) is 5.91 Å².